The summed E-state index contributed by atoms with van der Waals surface area (Å²) in [5, 5.41) is 10.2. The molecule has 3 heteroatoms. The molecular weight excluding hydrogens is 238 g/mol. The second-order valence-corrected chi connectivity index (χ2v) is 5.49. The van der Waals surface area contributed by atoms with Crippen LogP contribution in [-0.2, 0) is 4.79 Å². The summed E-state index contributed by atoms with van der Waals surface area (Å²) in [4.78, 5) is 13.8. The second kappa shape index (κ2) is 6.20. The number of carbonyl (C=O) groups excluding carboxylic acids is 1. The fraction of sp³-hybridized carbons (Fsp3) is 0.562. The summed E-state index contributed by atoms with van der Waals surface area (Å²) in [5.74, 6) is 0.181. The van der Waals surface area contributed by atoms with Crippen molar-refractivity contribution in [3.63, 3.8) is 0 Å². The summed E-state index contributed by atoms with van der Waals surface area (Å²) in [6.07, 6.45) is 2.65. The first kappa shape index (κ1) is 14.1. The van der Waals surface area contributed by atoms with Crippen molar-refractivity contribution in [1.29, 1.82) is 0 Å². The lowest BCUT2D eigenvalue weighted by Crippen LogP contribution is -2.27. The van der Waals surface area contributed by atoms with Crippen molar-refractivity contribution >= 4 is 5.91 Å². The minimum absolute atomic E-state index is 0.181. The minimum Gasteiger partial charge on any atom is -0.388 e. The van der Waals surface area contributed by atoms with Gasteiger partial charge in [0.25, 0.3) is 0 Å². The summed E-state index contributed by atoms with van der Waals surface area (Å²) in [6.45, 7) is 5.88. The maximum atomic E-state index is 11.9. The number of amides is 1. The van der Waals surface area contributed by atoms with E-state index in [0.717, 1.165) is 31.5 Å². The van der Waals surface area contributed by atoms with E-state index >= 15 is 0 Å². The molecule has 1 aromatic rings. The smallest absolute Gasteiger partial charge is 0.222 e. The molecule has 3 nitrogen and oxygen atoms in total. The Bertz CT molecular complexity index is 450. The third kappa shape index (κ3) is 3.57. The molecular formula is C16H23NO2. The molecule has 0 aliphatic carbocycles. The Balaban J connectivity index is 1.88. The number of likely N-dealkylation sites (tertiary alicyclic amines) is 1. The lowest BCUT2D eigenvalue weighted by molar-refractivity contribution is -0.130. The topological polar surface area (TPSA) is 40.5 Å². The molecule has 1 aliphatic heterocycles. The number of rotatable bonds is 4. The highest BCUT2D eigenvalue weighted by Gasteiger charge is 2.19. The van der Waals surface area contributed by atoms with Crippen LogP contribution in [0.2, 0.25) is 0 Å². The highest BCUT2D eigenvalue weighted by molar-refractivity contribution is 5.76. The molecule has 0 spiro atoms. The van der Waals surface area contributed by atoms with Crippen molar-refractivity contribution < 1.29 is 9.90 Å². The normalized spacial score (nSPS) is 16.7. The Labute approximate surface area is 115 Å². The molecule has 0 saturated carbocycles. The Kier molecular flexibility index (Phi) is 4.59. The van der Waals surface area contributed by atoms with E-state index in [1.165, 1.54) is 11.1 Å². The van der Waals surface area contributed by atoms with Crippen molar-refractivity contribution in [2.24, 2.45) is 0 Å². The zero-order chi connectivity index (χ0) is 13.8. The quantitative estimate of drug-likeness (QED) is 0.905. The molecule has 1 heterocycles. The number of benzene rings is 1. The van der Waals surface area contributed by atoms with Crippen LogP contribution in [0.4, 0.5) is 0 Å². The van der Waals surface area contributed by atoms with Crippen molar-refractivity contribution in [3.8, 4) is 0 Å². The maximum Gasteiger partial charge on any atom is 0.222 e. The number of nitrogens with zero attached hydrogens (tertiary/aromatic N) is 1. The van der Waals surface area contributed by atoms with Gasteiger partial charge in [-0.25, -0.2) is 0 Å². The summed E-state index contributed by atoms with van der Waals surface area (Å²) < 4.78 is 0. The minimum atomic E-state index is -0.536. The molecule has 104 valence electrons. The predicted octanol–water partition coefficient (Wildman–Crippen LogP) is 2.74. The standard InChI is InChI=1S/C16H23NO2/c1-12-5-6-14(11-13(12)2)15(18)7-8-16(19)17-9-3-4-10-17/h5-6,11,15,18H,3-4,7-10H2,1-2H3. The average Bonchev–Trinajstić information content (AvgIpc) is 2.92. The lowest BCUT2D eigenvalue weighted by Gasteiger charge is -2.17. The van der Waals surface area contributed by atoms with Gasteiger partial charge in [0.15, 0.2) is 0 Å². The molecule has 1 atom stereocenters. The van der Waals surface area contributed by atoms with Gasteiger partial charge in [-0.2, -0.15) is 0 Å². The van der Waals surface area contributed by atoms with Gasteiger partial charge in [0.05, 0.1) is 6.10 Å². The van der Waals surface area contributed by atoms with Gasteiger partial charge in [0.1, 0.15) is 0 Å². The Morgan fingerprint density at radius 3 is 2.58 bits per heavy atom. The number of aryl methyl sites for hydroxylation is 2. The van der Waals surface area contributed by atoms with Crippen LogP contribution in [0.3, 0.4) is 0 Å². The zero-order valence-electron chi connectivity index (χ0n) is 11.9. The monoisotopic (exact) mass is 261 g/mol. The van der Waals surface area contributed by atoms with E-state index in [1.807, 2.05) is 30.0 Å². The first-order valence-corrected chi connectivity index (χ1v) is 7.11. The predicted molar refractivity (Wildman–Crippen MR) is 75.9 cm³/mol. The first-order chi connectivity index (χ1) is 9.08. The van der Waals surface area contributed by atoms with E-state index in [4.69, 9.17) is 0 Å². The number of hydrogen-bond acceptors (Lipinski definition) is 2. The molecule has 1 aromatic carbocycles. The number of hydrogen-bond donors (Lipinski definition) is 1. The number of aliphatic hydroxyl groups excluding tert-OH is 1. The van der Waals surface area contributed by atoms with Gasteiger partial charge >= 0.3 is 0 Å². The second-order valence-electron chi connectivity index (χ2n) is 5.49. The summed E-state index contributed by atoms with van der Waals surface area (Å²) >= 11 is 0. The van der Waals surface area contributed by atoms with E-state index < -0.39 is 6.10 Å². The molecule has 1 N–H and O–H groups in total. The van der Waals surface area contributed by atoms with Crippen LogP contribution in [-0.4, -0.2) is 29.0 Å². The van der Waals surface area contributed by atoms with E-state index in [2.05, 4.69) is 6.92 Å². The van der Waals surface area contributed by atoms with Crippen LogP contribution < -0.4 is 0 Å². The highest BCUT2D eigenvalue weighted by Crippen LogP contribution is 2.22. The molecule has 1 amide bonds. The molecule has 2 rings (SSSR count). The first-order valence-electron chi connectivity index (χ1n) is 7.11. The third-order valence-electron chi connectivity index (χ3n) is 4.01. The highest BCUT2D eigenvalue weighted by atomic mass is 16.3. The van der Waals surface area contributed by atoms with Crippen molar-refractivity contribution in [2.45, 2.75) is 45.6 Å². The largest absolute Gasteiger partial charge is 0.388 e. The van der Waals surface area contributed by atoms with Gasteiger partial charge in [-0.1, -0.05) is 18.2 Å². The SMILES string of the molecule is Cc1ccc(C(O)CCC(=O)N2CCCC2)cc1C. The van der Waals surface area contributed by atoms with Gasteiger partial charge in [-0.3, -0.25) is 4.79 Å². The van der Waals surface area contributed by atoms with E-state index in [-0.39, 0.29) is 5.91 Å². The van der Waals surface area contributed by atoms with Crippen LogP contribution in [0.1, 0.15) is 48.5 Å². The van der Waals surface area contributed by atoms with Crippen LogP contribution in [0.25, 0.3) is 0 Å². The zero-order valence-corrected chi connectivity index (χ0v) is 11.9. The van der Waals surface area contributed by atoms with Gasteiger partial charge in [-0.05, 0) is 49.8 Å². The Morgan fingerprint density at radius 1 is 1.26 bits per heavy atom. The molecule has 0 radical (unpaired) electrons. The van der Waals surface area contributed by atoms with Crippen LogP contribution in [0.15, 0.2) is 18.2 Å². The van der Waals surface area contributed by atoms with Crippen LogP contribution in [0.5, 0.6) is 0 Å². The van der Waals surface area contributed by atoms with Gasteiger partial charge in [0, 0.05) is 19.5 Å². The van der Waals surface area contributed by atoms with Crippen molar-refractivity contribution in [2.75, 3.05) is 13.1 Å². The molecule has 19 heavy (non-hydrogen) atoms. The molecule has 0 aromatic heterocycles. The van der Waals surface area contributed by atoms with Crippen molar-refractivity contribution in [1.82, 2.24) is 4.90 Å². The molecule has 1 saturated heterocycles. The summed E-state index contributed by atoms with van der Waals surface area (Å²) in [6, 6.07) is 5.99. The fourth-order valence-corrected chi connectivity index (χ4v) is 2.52. The third-order valence-corrected chi connectivity index (χ3v) is 4.01. The van der Waals surface area contributed by atoms with Crippen molar-refractivity contribution in [3.05, 3.63) is 34.9 Å². The molecule has 0 bridgehead atoms. The molecule has 1 fully saturated rings. The Morgan fingerprint density at radius 2 is 1.95 bits per heavy atom. The van der Waals surface area contributed by atoms with E-state index in [9.17, 15) is 9.90 Å². The fourth-order valence-electron chi connectivity index (χ4n) is 2.52. The molecule has 1 aliphatic rings. The Hall–Kier alpha value is -1.35. The summed E-state index contributed by atoms with van der Waals surface area (Å²) in [5.41, 5.74) is 3.32. The van der Waals surface area contributed by atoms with Gasteiger partial charge < -0.3 is 10.0 Å². The number of aliphatic hydroxyl groups is 1. The number of carbonyl (C=O) groups is 1. The average molecular weight is 261 g/mol. The van der Waals surface area contributed by atoms with Gasteiger partial charge in [-0.15, -0.1) is 0 Å². The lowest BCUT2D eigenvalue weighted by atomic mass is 10.00. The van der Waals surface area contributed by atoms with E-state index in [1.54, 1.807) is 0 Å². The van der Waals surface area contributed by atoms with E-state index in [0.29, 0.717) is 12.8 Å². The molecule has 1 unspecified atom stereocenters. The van der Waals surface area contributed by atoms with Crippen LogP contribution >= 0.6 is 0 Å². The summed E-state index contributed by atoms with van der Waals surface area (Å²) in [7, 11) is 0. The van der Waals surface area contributed by atoms with Gasteiger partial charge in [0.2, 0.25) is 5.91 Å². The van der Waals surface area contributed by atoms with Crippen LogP contribution in [0, 0.1) is 13.8 Å². The maximum absolute atomic E-state index is 11.9.